The van der Waals surface area contributed by atoms with Crippen LogP contribution < -0.4 is 25.9 Å². The van der Waals surface area contributed by atoms with Crippen molar-refractivity contribution in [2.75, 3.05) is 0 Å². The first-order valence-electron chi connectivity index (χ1n) is 12.9. The van der Waals surface area contributed by atoms with E-state index in [9.17, 15) is 0 Å². The van der Waals surface area contributed by atoms with Crippen LogP contribution >= 0.6 is 0 Å². The Kier molecular flexibility index (Phi) is 1.74. The second-order valence-corrected chi connectivity index (χ2v) is 6.30. The molecular weight excluding hydrogens is 331 g/mol. The zero-order chi connectivity index (χ0) is 25.6. The molecule has 0 bridgehead atoms. The smallest absolute Gasteiger partial charge is 0.260 e. The quantitative estimate of drug-likeness (QED) is 0.414. The van der Waals surface area contributed by atoms with Crippen molar-refractivity contribution < 1.29 is 21.8 Å². The van der Waals surface area contributed by atoms with E-state index in [4.69, 9.17) is 21.8 Å². The number of hydrogen-bond acceptors (Lipinski definition) is 2. The monoisotopic (exact) mass is 355 g/mol. The Bertz CT molecular complexity index is 1630. The molecule has 0 N–H and O–H groups in total. The summed E-state index contributed by atoms with van der Waals surface area (Å²) in [4.78, 5) is 0. The summed E-state index contributed by atoms with van der Waals surface area (Å²) in [5, 5.41) is 0. The Morgan fingerprint density at radius 2 is 1.37 bits per heavy atom. The molecule has 0 atom stereocenters. The predicted molar refractivity (Wildman–Crippen MR) is 110 cm³/mol. The van der Waals surface area contributed by atoms with Crippen LogP contribution in [-0.4, -0.2) is 6.71 Å². The molecule has 0 spiro atoms. The van der Waals surface area contributed by atoms with Gasteiger partial charge < -0.3 is 9.47 Å². The lowest BCUT2D eigenvalue weighted by Crippen LogP contribution is -2.57. The highest BCUT2D eigenvalue weighted by Crippen LogP contribution is 2.35. The van der Waals surface area contributed by atoms with Crippen LogP contribution in [0.25, 0.3) is 11.1 Å². The molecule has 27 heavy (non-hydrogen) atoms. The maximum Gasteiger partial charge on any atom is 0.260 e. The largest absolute Gasteiger partial charge is 0.458 e. The average Bonchev–Trinajstić information content (AvgIpc) is 2.88. The normalized spacial score (nSPS) is 17.6. The number of ether oxygens (including phenoxy) is 2. The number of fused-ring (bicyclic) bond motifs is 4. The lowest BCUT2D eigenvalue weighted by Gasteiger charge is -2.33. The summed E-state index contributed by atoms with van der Waals surface area (Å²) in [7, 11) is 0. The first kappa shape index (κ1) is 8.49. The van der Waals surface area contributed by atoms with Gasteiger partial charge in [0.25, 0.3) is 6.71 Å². The van der Waals surface area contributed by atoms with Crippen molar-refractivity contribution in [3.8, 4) is 34.1 Å². The number of rotatable bonds is 1. The van der Waals surface area contributed by atoms with Crippen LogP contribution in [0.15, 0.2) is 90.8 Å². The van der Waals surface area contributed by atoms with Gasteiger partial charge >= 0.3 is 0 Å². The third-order valence-electron chi connectivity index (χ3n) is 4.83. The molecule has 0 aromatic heterocycles. The number of para-hydroxylation sites is 1. The van der Waals surface area contributed by atoms with E-state index in [1.165, 1.54) is 0 Å². The summed E-state index contributed by atoms with van der Waals surface area (Å²) >= 11 is 0. The van der Waals surface area contributed by atoms with Gasteiger partial charge in [-0.3, -0.25) is 0 Å². The molecule has 2 nitrogen and oxygen atoms in total. The molecule has 3 heteroatoms. The van der Waals surface area contributed by atoms with Crippen molar-refractivity contribution in [2.24, 2.45) is 0 Å². The zero-order valence-electron chi connectivity index (χ0n) is 22.9. The van der Waals surface area contributed by atoms with Gasteiger partial charge in [-0.2, -0.15) is 0 Å². The molecule has 0 saturated heterocycles. The highest BCUT2D eigenvalue weighted by Gasteiger charge is 2.39. The third kappa shape index (κ3) is 2.15. The topological polar surface area (TPSA) is 18.5 Å². The standard InChI is InChI=1S/C24H15BO2/c1-2-7-16(8-3-1)17-13-14-21-19(15-17)25-18-9-4-5-10-20(18)26-22-11-6-12-23(27-21)24(22)25/h1-15H/i1D,2D,3D,4D,5D,7D,8D,9D,10D. The SMILES string of the molecule is [2H]c1c([2H])c([2H])c(-c2ccc3c(c2)B2c4c(cccc4Oc4c([2H])c([2H])c([2H])c([2H])c42)O3)c([2H])c1[2H]. The fourth-order valence-electron chi connectivity index (χ4n) is 3.68. The Morgan fingerprint density at radius 1 is 0.630 bits per heavy atom. The van der Waals surface area contributed by atoms with Crippen LogP contribution in [0.2, 0.25) is 0 Å². The van der Waals surface area contributed by atoms with Gasteiger partial charge in [-0.1, -0.05) is 66.5 Å². The van der Waals surface area contributed by atoms with Gasteiger partial charge in [0, 0.05) is 5.46 Å². The van der Waals surface area contributed by atoms with Gasteiger partial charge in [0.05, 0.1) is 12.3 Å². The van der Waals surface area contributed by atoms with Gasteiger partial charge in [0.2, 0.25) is 0 Å². The van der Waals surface area contributed by atoms with Gasteiger partial charge in [0.1, 0.15) is 23.0 Å². The summed E-state index contributed by atoms with van der Waals surface area (Å²) in [5.74, 6) is 1.34. The maximum atomic E-state index is 8.65. The van der Waals surface area contributed by atoms with Crippen LogP contribution in [0.1, 0.15) is 12.3 Å². The highest BCUT2D eigenvalue weighted by molar-refractivity contribution is 6.98. The van der Waals surface area contributed by atoms with Crippen LogP contribution in [0, 0.1) is 0 Å². The fourth-order valence-corrected chi connectivity index (χ4v) is 3.68. The van der Waals surface area contributed by atoms with E-state index < -0.39 is 36.9 Å². The number of benzene rings is 4. The molecule has 0 radical (unpaired) electrons. The molecule has 0 fully saturated rings. The molecule has 2 aliphatic heterocycles. The molecule has 0 unspecified atom stereocenters. The predicted octanol–water partition coefficient (Wildman–Crippen LogP) is 4.08. The molecule has 6 rings (SSSR count). The van der Waals surface area contributed by atoms with E-state index in [-0.39, 0.29) is 40.9 Å². The van der Waals surface area contributed by atoms with Crippen LogP contribution in [0.3, 0.4) is 0 Å². The summed E-state index contributed by atoms with van der Waals surface area (Å²) in [5.41, 5.74) is 1.78. The van der Waals surface area contributed by atoms with Crippen molar-refractivity contribution >= 4 is 23.1 Å². The van der Waals surface area contributed by atoms with Crippen molar-refractivity contribution in [3.05, 3.63) is 90.8 Å². The van der Waals surface area contributed by atoms with Crippen molar-refractivity contribution in [1.29, 1.82) is 0 Å². The molecule has 2 heterocycles. The minimum absolute atomic E-state index is 0.0247. The molecule has 0 aliphatic carbocycles. The molecule has 126 valence electrons. The fraction of sp³-hybridized carbons (Fsp3) is 0. The van der Waals surface area contributed by atoms with Gasteiger partial charge in [0.15, 0.2) is 0 Å². The van der Waals surface area contributed by atoms with E-state index in [1.54, 1.807) is 36.4 Å². The van der Waals surface area contributed by atoms with E-state index in [1.807, 2.05) is 0 Å². The van der Waals surface area contributed by atoms with Crippen LogP contribution in [0.4, 0.5) is 0 Å². The van der Waals surface area contributed by atoms with Crippen LogP contribution in [-0.2, 0) is 0 Å². The molecule has 4 aromatic carbocycles. The lowest BCUT2D eigenvalue weighted by molar-refractivity contribution is 0.464. The maximum absolute atomic E-state index is 8.65. The Morgan fingerprint density at radius 3 is 2.22 bits per heavy atom. The highest BCUT2D eigenvalue weighted by atomic mass is 16.5. The van der Waals surface area contributed by atoms with Gasteiger partial charge in [-0.15, -0.1) is 0 Å². The molecular formula is C24H15BO2. The summed E-state index contributed by atoms with van der Waals surface area (Å²) in [6, 6.07) is 6.70. The minimum Gasteiger partial charge on any atom is -0.458 e. The Hall–Kier alpha value is -3.46. The Balaban J connectivity index is 1.67. The Labute approximate surface area is 170 Å². The zero-order valence-corrected chi connectivity index (χ0v) is 13.9. The van der Waals surface area contributed by atoms with Crippen LogP contribution in [0.5, 0.6) is 23.0 Å². The molecule has 0 saturated carbocycles. The van der Waals surface area contributed by atoms with E-state index >= 15 is 0 Å². The summed E-state index contributed by atoms with van der Waals surface area (Å²) in [6.07, 6.45) is 0. The third-order valence-corrected chi connectivity index (χ3v) is 4.83. The number of hydrogen-bond donors (Lipinski definition) is 0. The van der Waals surface area contributed by atoms with Gasteiger partial charge in [-0.05, 0) is 46.3 Å². The summed E-state index contributed by atoms with van der Waals surface area (Å²) in [6.45, 7) is -0.685. The second kappa shape index (κ2) is 5.52. The minimum atomic E-state index is -0.685. The van der Waals surface area contributed by atoms with E-state index in [0.29, 0.717) is 33.7 Å². The molecule has 4 aromatic rings. The first-order valence-corrected chi connectivity index (χ1v) is 8.41. The first-order chi connectivity index (χ1) is 17.1. The molecule has 0 amide bonds. The van der Waals surface area contributed by atoms with Crippen molar-refractivity contribution in [2.45, 2.75) is 0 Å². The molecule has 2 aliphatic rings. The van der Waals surface area contributed by atoms with E-state index in [0.717, 1.165) is 0 Å². The van der Waals surface area contributed by atoms with Gasteiger partial charge in [-0.25, -0.2) is 0 Å². The second-order valence-electron chi connectivity index (χ2n) is 6.30. The summed E-state index contributed by atoms with van der Waals surface area (Å²) < 4.78 is 86.2. The average molecular weight is 355 g/mol. The van der Waals surface area contributed by atoms with Crippen molar-refractivity contribution in [3.63, 3.8) is 0 Å². The van der Waals surface area contributed by atoms with Crippen molar-refractivity contribution in [1.82, 2.24) is 0 Å². The lowest BCUT2D eigenvalue weighted by atomic mass is 9.35. The van der Waals surface area contributed by atoms with E-state index in [2.05, 4.69) is 0 Å².